The maximum Gasteiger partial charge on any atom is 0.0590 e. The van der Waals surface area contributed by atoms with E-state index in [-0.39, 0.29) is 0 Å². The summed E-state index contributed by atoms with van der Waals surface area (Å²) >= 11 is 0. The van der Waals surface area contributed by atoms with Crippen LogP contribution in [-0.4, -0.2) is 9.13 Å². The number of aryl methyl sites for hydroxylation is 1. The van der Waals surface area contributed by atoms with E-state index in [0.29, 0.717) is 0 Å². The lowest BCUT2D eigenvalue weighted by molar-refractivity contribution is 1.02. The zero-order valence-electron chi connectivity index (χ0n) is 21.7. The number of fused-ring (bicyclic) bond motifs is 7. The van der Waals surface area contributed by atoms with Crippen molar-refractivity contribution in [1.29, 1.82) is 0 Å². The molecule has 8 aromatic rings. The van der Waals surface area contributed by atoms with E-state index in [4.69, 9.17) is 0 Å². The summed E-state index contributed by atoms with van der Waals surface area (Å²) in [4.78, 5) is 0. The third-order valence-electron chi connectivity index (χ3n) is 8.11. The van der Waals surface area contributed by atoms with Gasteiger partial charge < -0.3 is 9.13 Å². The van der Waals surface area contributed by atoms with Crippen molar-refractivity contribution in [2.45, 2.75) is 0 Å². The van der Waals surface area contributed by atoms with Crippen molar-refractivity contribution in [3.8, 4) is 27.9 Å². The SMILES string of the molecule is Cn1c2ccccc2c2ccc3c(c4ccccc4n3-c3cccc(-c4cccc(-c5ccccc5)c4)c3)c21. The minimum absolute atomic E-state index is 1.17. The van der Waals surface area contributed by atoms with Crippen LogP contribution in [0.15, 0.2) is 140 Å². The molecule has 39 heavy (non-hydrogen) atoms. The lowest BCUT2D eigenvalue weighted by Crippen LogP contribution is -1.94. The monoisotopic (exact) mass is 498 g/mol. The summed E-state index contributed by atoms with van der Waals surface area (Å²) in [5, 5.41) is 5.18. The van der Waals surface area contributed by atoms with Crippen molar-refractivity contribution in [3.63, 3.8) is 0 Å². The Morgan fingerprint density at radius 2 is 1.03 bits per heavy atom. The molecule has 0 bridgehead atoms. The highest BCUT2D eigenvalue weighted by atomic mass is 15.0. The van der Waals surface area contributed by atoms with Gasteiger partial charge in [-0.25, -0.2) is 0 Å². The molecule has 0 fully saturated rings. The van der Waals surface area contributed by atoms with E-state index < -0.39 is 0 Å². The predicted molar refractivity (Wildman–Crippen MR) is 166 cm³/mol. The lowest BCUT2D eigenvalue weighted by Gasteiger charge is -2.11. The van der Waals surface area contributed by atoms with Crippen LogP contribution in [0.4, 0.5) is 0 Å². The van der Waals surface area contributed by atoms with Crippen LogP contribution in [0.25, 0.3) is 71.6 Å². The van der Waals surface area contributed by atoms with Crippen molar-refractivity contribution >= 4 is 43.6 Å². The molecular weight excluding hydrogens is 472 g/mol. The van der Waals surface area contributed by atoms with Crippen molar-refractivity contribution in [1.82, 2.24) is 9.13 Å². The van der Waals surface area contributed by atoms with Gasteiger partial charge in [-0.15, -0.1) is 0 Å². The van der Waals surface area contributed by atoms with E-state index in [9.17, 15) is 0 Å². The molecule has 0 spiro atoms. The second kappa shape index (κ2) is 8.47. The molecule has 8 rings (SSSR count). The number of hydrogen-bond acceptors (Lipinski definition) is 0. The Labute approximate surface area is 227 Å². The van der Waals surface area contributed by atoms with Gasteiger partial charge in [-0.2, -0.15) is 0 Å². The molecule has 0 saturated heterocycles. The Bertz CT molecular complexity index is 2180. The maximum atomic E-state index is 2.42. The van der Waals surface area contributed by atoms with Gasteiger partial charge in [0.15, 0.2) is 0 Å². The van der Waals surface area contributed by atoms with Crippen LogP contribution in [0.3, 0.4) is 0 Å². The van der Waals surface area contributed by atoms with Crippen molar-refractivity contribution in [2.24, 2.45) is 7.05 Å². The smallest absolute Gasteiger partial charge is 0.0590 e. The summed E-state index contributed by atoms with van der Waals surface area (Å²) in [6, 6.07) is 50.5. The Hall–Kier alpha value is -5.08. The molecule has 184 valence electrons. The number of aromatic nitrogens is 2. The molecule has 0 N–H and O–H groups in total. The van der Waals surface area contributed by atoms with Crippen LogP contribution >= 0.6 is 0 Å². The van der Waals surface area contributed by atoms with Crippen molar-refractivity contribution < 1.29 is 0 Å². The number of para-hydroxylation sites is 2. The van der Waals surface area contributed by atoms with E-state index in [1.165, 1.54) is 71.6 Å². The standard InChI is InChI=1S/C37H26N2/c1-38-33-19-7-5-17-30(33)31-21-22-35-36(37(31)38)32-18-6-8-20-34(32)39(35)29-16-10-15-28(24-29)27-14-9-13-26(23-27)25-11-3-2-4-12-25/h2-24H,1H3. The fourth-order valence-corrected chi connectivity index (χ4v) is 6.33. The summed E-state index contributed by atoms with van der Waals surface area (Å²) in [7, 11) is 2.19. The zero-order valence-corrected chi connectivity index (χ0v) is 21.7. The van der Waals surface area contributed by atoms with Crippen LogP contribution < -0.4 is 0 Å². The number of rotatable bonds is 3. The molecule has 0 aliphatic rings. The molecule has 0 amide bonds. The molecule has 0 radical (unpaired) electrons. The average molecular weight is 499 g/mol. The van der Waals surface area contributed by atoms with Gasteiger partial charge in [-0.1, -0.05) is 103 Å². The lowest BCUT2D eigenvalue weighted by atomic mass is 9.99. The molecule has 2 aromatic heterocycles. The summed E-state index contributed by atoms with van der Waals surface area (Å²) in [6.45, 7) is 0. The molecule has 2 heterocycles. The topological polar surface area (TPSA) is 9.86 Å². The Balaban J connectivity index is 1.38. The molecule has 0 saturated carbocycles. The van der Waals surface area contributed by atoms with E-state index >= 15 is 0 Å². The molecule has 0 aliphatic carbocycles. The summed E-state index contributed by atoms with van der Waals surface area (Å²) in [5.41, 5.74) is 11.1. The maximum absolute atomic E-state index is 2.42. The molecule has 0 atom stereocenters. The van der Waals surface area contributed by atoms with Gasteiger partial charge in [0, 0.05) is 39.8 Å². The second-order valence-electron chi connectivity index (χ2n) is 10.3. The van der Waals surface area contributed by atoms with Gasteiger partial charge in [0.1, 0.15) is 0 Å². The quantitative estimate of drug-likeness (QED) is 0.229. The van der Waals surface area contributed by atoms with Gasteiger partial charge in [0.05, 0.1) is 16.6 Å². The normalized spacial score (nSPS) is 11.7. The zero-order chi connectivity index (χ0) is 25.9. The van der Waals surface area contributed by atoms with Crippen molar-refractivity contribution in [2.75, 3.05) is 0 Å². The van der Waals surface area contributed by atoms with Gasteiger partial charge in [0.2, 0.25) is 0 Å². The highest BCUT2D eigenvalue weighted by Crippen LogP contribution is 2.40. The minimum atomic E-state index is 1.17. The first-order valence-electron chi connectivity index (χ1n) is 13.4. The molecule has 0 aliphatic heterocycles. The second-order valence-corrected chi connectivity index (χ2v) is 10.3. The molecule has 2 nitrogen and oxygen atoms in total. The highest BCUT2D eigenvalue weighted by Gasteiger charge is 2.18. The van der Waals surface area contributed by atoms with Gasteiger partial charge in [-0.05, 0) is 58.7 Å². The first-order chi connectivity index (χ1) is 19.3. The van der Waals surface area contributed by atoms with Crippen LogP contribution in [0, 0.1) is 0 Å². The van der Waals surface area contributed by atoms with Crippen LogP contribution in [-0.2, 0) is 7.05 Å². The third kappa shape index (κ3) is 3.28. The number of nitrogens with zero attached hydrogens (tertiary/aromatic N) is 2. The largest absolute Gasteiger partial charge is 0.343 e. The molecular formula is C37H26N2. The number of hydrogen-bond donors (Lipinski definition) is 0. The first-order valence-corrected chi connectivity index (χ1v) is 13.4. The van der Waals surface area contributed by atoms with Gasteiger partial charge in [0.25, 0.3) is 0 Å². The summed E-state index contributed by atoms with van der Waals surface area (Å²) in [6.07, 6.45) is 0. The fourth-order valence-electron chi connectivity index (χ4n) is 6.33. The fraction of sp³-hybridized carbons (Fsp3) is 0.0270. The average Bonchev–Trinajstić information content (AvgIpc) is 3.50. The van der Waals surface area contributed by atoms with Crippen LogP contribution in [0.1, 0.15) is 0 Å². The first kappa shape index (κ1) is 22.0. The molecule has 2 heteroatoms. The van der Waals surface area contributed by atoms with Gasteiger partial charge >= 0.3 is 0 Å². The Morgan fingerprint density at radius 1 is 0.410 bits per heavy atom. The van der Waals surface area contributed by atoms with Crippen LogP contribution in [0.5, 0.6) is 0 Å². The van der Waals surface area contributed by atoms with Crippen LogP contribution in [0.2, 0.25) is 0 Å². The van der Waals surface area contributed by atoms with E-state index in [1.807, 2.05) is 0 Å². The Morgan fingerprint density at radius 3 is 1.85 bits per heavy atom. The third-order valence-corrected chi connectivity index (χ3v) is 8.11. The summed E-state index contributed by atoms with van der Waals surface area (Å²) < 4.78 is 4.78. The minimum Gasteiger partial charge on any atom is -0.343 e. The predicted octanol–water partition coefficient (Wildman–Crippen LogP) is 9.76. The number of benzene rings is 6. The van der Waals surface area contributed by atoms with E-state index in [2.05, 4.69) is 156 Å². The molecule has 6 aromatic carbocycles. The van der Waals surface area contributed by atoms with E-state index in [1.54, 1.807) is 0 Å². The summed E-state index contributed by atoms with van der Waals surface area (Å²) in [5.74, 6) is 0. The van der Waals surface area contributed by atoms with Crippen molar-refractivity contribution in [3.05, 3.63) is 140 Å². The van der Waals surface area contributed by atoms with Gasteiger partial charge in [-0.3, -0.25) is 0 Å². The highest BCUT2D eigenvalue weighted by molar-refractivity contribution is 6.25. The molecule has 0 unspecified atom stereocenters. The van der Waals surface area contributed by atoms with E-state index in [0.717, 1.165) is 0 Å². The Kier molecular flexibility index (Phi) is 4.77.